The van der Waals surface area contributed by atoms with Crippen LogP contribution in [0.15, 0.2) is 194 Å². The van der Waals surface area contributed by atoms with E-state index in [9.17, 15) is 9.59 Å². The summed E-state index contributed by atoms with van der Waals surface area (Å²) in [6.45, 7) is 2.05. The predicted molar refractivity (Wildman–Crippen MR) is 221 cm³/mol. The molecule has 3 nitrogen and oxygen atoms in total. The summed E-state index contributed by atoms with van der Waals surface area (Å²) in [5.41, 5.74) is 14.5. The summed E-state index contributed by atoms with van der Waals surface area (Å²) in [6, 6.07) is 65.8. The zero-order valence-electron chi connectivity index (χ0n) is 29.7. The van der Waals surface area contributed by atoms with Gasteiger partial charge in [0.1, 0.15) is 0 Å². The van der Waals surface area contributed by atoms with Crippen LogP contribution < -0.4 is 4.90 Å². The molecule has 256 valence electrons. The summed E-state index contributed by atoms with van der Waals surface area (Å²) < 4.78 is 0. The first-order valence-electron chi connectivity index (χ1n) is 18.2. The maximum absolute atomic E-state index is 13.9. The highest BCUT2D eigenvalue weighted by atomic mass is 16.1. The van der Waals surface area contributed by atoms with E-state index >= 15 is 0 Å². The Morgan fingerprint density at radius 1 is 0.296 bits per heavy atom. The minimum atomic E-state index is -0.127. The fourth-order valence-electron chi connectivity index (χ4n) is 7.37. The zero-order valence-corrected chi connectivity index (χ0v) is 29.7. The maximum Gasteiger partial charge on any atom is 0.194 e. The Labute approximate surface area is 315 Å². The topological polar surface area (TPSA) is 37.4 Å². The first kappa shape index (κ1) is 32.8. The summed E-state index contributed by atoms with van der Waals surface area (Å²) >= 11 is 0. The number of aryl methyl sites for hydroxylation is 1. The molecular weight excluding hydrogens is 659 g/mol. The van der Waals surface area contributed by atoms with Gasteiger partial charge >= 0.3 is 0 Å². The fourth-order valence-corrected chi connectivity index (χ4v) is 7.37. The molecule has 0 bridgehead atoms. The van der Waals surface area contributed by atoms with Gasteiger partial charge in [-0.05, 0) is 112 Å². The van der Waals surface area contributed by atoms with Gasteiger partial charge in [0.15, 0.2) is 11.6 Å². The molecule has 9 rings (SSSR count). The van der Waals surface area contributed by atoms with Crippen molar-refractivity contribution in [2.75, 3.05) is 4.90 Å². The zero-order chi connectivity index (χ0) is 36.6. The van der Waals surface area contributed by atoms with Crippen molar-refractivity contribution < 1.29 is 9.59 Å². The number of rotatable bonds is 7. The molecule has 0 saturated carbocycles. The van der Waals surface area contributed by atoms with Gasteiger partial charge in [0.05, 0.1) is 0 Å². The van der Waals surface area contributed by atoms with Crippen molar-refractivity contribution in [2.45, 2.75) is 6.92 Å². The van der Waals surface area contributed by atoms with Crippen LogP contribution in [0.3, 0.4) is 0 Å². The van der Waals surface area contributed by atoms with Gasteiger partial charge in [0.25, 0.3) is 0 Å². The standard InChI is InChI=1S/C51H35NO2/c1-34-12-14-39(15-13-34)41-22-30-46-48(32-41)50(53)47-31-23-42(33-49(47)51(46)54)40-20-28-45(29-21-40)52(43-24-16-37(17-25-43)35-8-4-2-5-9-35)44-26-18-38(19-27-44)36-10-6-3-7-11-36/h2-33H,1H3. The van der Waals surface area contributed by atoms with Gasteiger partial charge in [0.2, 0.25) is 0 Å². The third kappa shape index (κ3) is 6.12. The van der Waals surface area contributed by atoms with Crippen LogP contribution in [0.4, 0.5) is 17.1 Å². The number of ketones is 2. The Morgan fingerprint density at radius 3 is 0.963 bits per heavy atom. The predicted octanol–water partition coefficient (Wildman–Crippen LogP) is 12.9. The Balaban J connectivity index is 1.04. The second-order valence-electron chi connectivity index (χ2n) is 13.8. The van der Waals surface area contributed by atoms with E-state index in [-0.39, 0.29) is 11.6 Å². The molecule has 0 unspecified atom stereocenters. The summed E-state index contributed by atoms with van der Waals surface area (Å²) in [6.07, 6.45) is 0. The van der Waals surface area contributed by atoms with Gasteiger partial charge in [0, 0.05) is 39.3 Å². The average Bonchev–Trinajstić information content (AvgIpc) is 3.24. The van der Waals surface area contributed by atoms with Crippen molar-refractivity contribution in [1.82, 2.24) is 0 Å². The Kier molecular flexibility index (Phi) is 8.38. The molecule has 1 aliphatic carbocycles. The molecule has 0 radical (unpaired) electrons. The molecule has 0 amide bonds. The number of fused-ring (bicyclic) bond motifs is 2. The van der Waals surface area contributed by atoms with E-state index in [0.29, 0.717) is 22.3 Å². The van der Waals surface area contributed by atoms with Crippen molar-refractivity contribution in [3.63, 3.8) is 0 Å². The summed E-state index contributed by atoms with van der Waals surface area (Å²) in [4.78, 5) is 29.9. The lowest BCUT2D eigenvalue weighted by atomic mass is 9.81. The second kappa shape index (κ2) is 13.8. The first-order chi connectivity index (χ1) is 26.5. The van der Waals surface area contributed by atoms with Gasteiger partial charge in [-0.3, -0.25) is 9.59 Å². The van der Waals surface area contributed by atoms with Crippen LogP contribution >= 0.6 is 0 Å². The third-order valence-corrected chi connectivity index (χ3v) is 10.3. The molecule has 0 aliphatic heterocycles. The highest BCUT2D eigenvalue weighted by Crippen LogP contribution is 2.39. The van der Waals surface area contributed by atoms with E-state index in [0.717, 1.165) is 50.4 Å². The normalized spacial score (nSPS) is 11.9. The lowest BCUT2D eigenvalue weighted by Crippen LogP contribution is -2.21. The van der Waals surface area contributed by atoms with Crippen molar-refractivity contribution >= 4 is 28.6 Å². The number of hydrogen-bond donors (Lipinski definition) is 0. The number of carbonyl (C=O) groups excluding carboxylic acids is 2. The van der Waals surface area contributed by atoms with Crippen molar-refractivity contribution in [2.24, 2.45) is 0 Å². The van der Waals surface area contributed by atoms with Crippen LogP contribution in [0.2, 0.25) is 0 Å². The molecular formula is C51H35NO2. The SMILES string of the molecule is Cc1ccc(-c2ccc3c(c2)C(=O)c2ccc(-c4ccc(N(c5ccc(-c6ccccc6)cc5)c5ccc(-c6ccccc6)cc5)cc4)cc2C3=O)cc1. The second-order valence-corrected chi connectivity index (χ2v) is 13.8. The Hall–Kier alpha value is -7.10. The van der Waals surface area contributed by atoms with E-state index in [1.807, 2.05) is 55.5 Å². The van der Waals surface area contributed by atoms with Gasteiger partial charge in [-0.25, -0.2) is 0 Å². The van der Waals surface area contributed by atoms with Crippen molar-refractivity contribution in [3.8, 4) is 44.5 Å². The van der Waals surface area contributed by atoms with Crippen LogP contribution in [0.1, 0.15) is 37.4 Å². The molecule has 54 heavy (non-hydrogen) atoms. The number of anilines is 3. The molecule has 0 saturated heterocycles. The van der Waals surface area contributed by atoms with Crippen LogP contribution in [0, 0.1) is 6.92 Å². The van der Waals surface area contributed by atoms with Crippen LogP contribution in [-0.2, 0) is 0 Å². The minimum absolute atomic E-state index is 0.123. The molecule has 0 N–H and O–H groups in total. The summed E-state index contributed by atoms with van der Waals surface area (Å²) in [5.74, 6) is -0.250. The van der Waals surface area contributed by atoms with Crippen LogP contribution in [0.25, 0.3) is 44.5 Å². The minimum Gasteiger partial charge on any atom is -0.311 e. The quantitative estimate of drug-likeness (QED) is 0.167. The van der Waals surface area contributed by atoms with E-state index in [4.69, 9.17) is 0 Å². The number of carbonyl (C=O) groups is 2. The largest absolute Gasteiger partial charge is 0.311 e. The smallest absolute Gasteiger partial charge is 0.194 e. The van der Waals surface area contributed by atoms with Crippen LogP contribution in [-0.4, -0.2) is 11.6 Å². The van der Waals surface area contributed by atoms with Crippen molar-refractivity contribution in [3.05, 3.63) is 222 Å². The summed E-state index contributed by atoms with van der Waals surface area (Å²) in [5, 5.41) is 0. The van der Waals surface area contributed by atoms with Crippen molar-refractivity contribution in [1.29, 1.82) is 0 Å². The average molecular weight is 694 g/mol. The van der Waals surface area contributed by atoms with E-state index in [1.54, 1.807) is 12.1 Å². The first-order valence-corrected chi connectivity index (χ1v) is 18.2. The van der Waals surface area contributed by atoms with Gasteiger partial charge in [-0.1, -0.05) is 139 Å². The van der Waals surface area contributed by atoms with Gasteiger partial charge in [-0.15, -0.1) is 0 Å². The van der Waals surface area contributed by atoms with E-state index in [1.165, 1.54) is 16.7 Å². The molecule has 0 heterocycles. The Morgan fingerprint density at radius 2 is 0.593 bits per heavy atom. The highest BCUT2D eigenvalue weighted by Gasteiger charge is 2.30. The molecule has 0 aromatic heterocycles. The highest BCUT2D eigenvalue weighted by molar-refractivity contribution is 6.29. The molecule has 8 aromatic rings. The van der Waals surface area contributed by atoms with E-state index in [2.05, 4.69) is 138 Å². The van der Waals surface area contributed by atoms with Gasteiger partial charge in [-0.2, -0.15) is 0 Å². The maximum atomic E-state index is 13.9. The van der Waals surface area contributed by atoms with Gasteiger partial charge < -0.3 is 4.90 Å². The molecule has 0 atom stereocenters. The molecule has 3 heteroatoms. The van der Waals surface area contributed by atoms with Crippen LogP contribution in [0.5, 0.6) is 0 Å². The fraction of sp³-hybridized carbons (Fsp3) is 0.0196. The monoisotopic (exact) mass is 693 g/mol. The summed E-state index contributed by atoms with van der Waals surface area (Å²) in [7, 11) is 0. The molecule has 0 fully saturated rings. The Bertz CT molecular complexity index is 2560. The molecule has 8 aromatic carbocycles. The third-order valence-electron chi connectivity index (χ3n) is 10.3. The lowest BCUT2D eigenvalue weighted by molar-refractivity contribution is 0.0979. The molecule has 1 aliphatic rings. The molecule has 0 spiro atoms. The lowest BCUT2D eigenvalue weighted by Gasteiger charge is -2.26. The van der Waals surface area contributed by atoms with E-state index < -0.39 is 0 Å². The number of benzene rings is 8. The number of nitrogens with zero attached hydrogens (tertiary/aromatic N) is 1. The number of hydrogen-bond acceptors (Lipinski definition) is 3.